The molecule has 332 valence electrons. The maximum Gasteiger partial charge on any atom is 0.249 e. The average Bonchev–Trinajstić information content (AvgIpc) is 3.20. The number of aliphatic hydroxyl groups is 3. The molecule has 0 aliphatic carbocycles. The van der Waals surface area contributed by atoms with Crippen LogP contribution in [0.25, 0.3) is 0 Å². The van der Waals surface area contributed by atoms with Gasteiger partial charge in [-0.15, -0.1) is 0 Å². The molecule has 0 heterocycles. The van der Waals surface area contributed by atoms with Crippen LogP contribution in [0.2, 0.25) is 0 Å². The molecule has 0 aromatic rings. The lowest BCUT2D eigenvalue weighted by Crippen LogP contribution is -2.48. The average molecular weight is 790 g/mol. The summed E-state index contributed by atoms with van der Waals surface area (Å²) in [5.41, 5.74) is 0. The predicted octanol–water partition coefficient (Wildman–Crippen LogP) is 14.9. The summed E-state index contributed by atoms with van der Waals surface area (Å²) in [6, 6.07) is -0.793. The Balaban J connectivity index is 3.47. The van der Waals surface area contributed by atoms with Crippen molar-refractivity contribution in [3.63, 3.8) is 0 Å². The van der Waals surface area contributed by atoms with Gasteiger partial charge >= 0.3 is 0 Å². The van der Waals surface area contributed by atoms with Crippen molar-refractivity contribution in [2.24, 2.45) is 0 Å². The van der Waals surface area contributed by atoms with Crippen LogP contribution < -0.4 is 5.32 Å². The Hall–Kier alpha value is -1.17. The van der Waals surface area contributed by atoms with E-state index in [2.05, 4.69) is 31.3 Å². The number of unbranched alkanes of at least 4 members (excludes halogenated alkanes) is 36. The minimum Gasteiger partial charge on any atom is -0.394 e. The van der Waals surface area contributed by atoms with Gasteiger partial charge in [0.05, 0.1) is 18.8 Å². The zero-order valence-corrected chi connectivity index (χ0v) is 37.8. The Kier molecular flexibility index (Phi) is 45.5. The van der Waals surface area contributed by atoms with E-state index >= 15 is 0 Å². The summed E-state index contributed by atoms with van der Waals surface area (Å²) in [4.78, 5) is 12.5. The summed E-state index contributed by atoms with van der Waals surface area (Å²) < 4.78 is 0. The van der Waals surface area contributed by atoms with E-state index in [0.29, 0.717) is 6.42 Å². The van der Waals surface area contributed by atoms with Crippen molar-refractivity contribution in [2.75, 3.05) is 6.61 Å². The molecule has 0 spiro atoms. The van der Waals surface area contributed by atoms with Gasteiger partial charge in [0.25, 0.3) is 0 Å². The highest BCUT2D eigenvalue weighted by Crippen LogP contribution is 2.16. The van der Waals surface area contributed by atoms with Crippen LogP contribution in [0.1, 0.15) is 271 Å². The number of hydrogen-bond acceptors (Lipinski definition) is 4. The Morgan fingerprint density at radius 1 is 0.429 bits per heavy atom. The molecule has 56 heavy (non-hydrogen) atoms. The Labute approximate surface area is 350 Å². The quantitative estimate of drug-likeness (QED) is 0.0365. The monoisotopic (exact) mass is 790 g/mol. The fourth-order valence-electron chi connectivity index (χ4n) is 7.83. The number of rotatable bonds is 46. The molecule has 3 unspecified atom stereocenters. The predicted molar refractivity (Wildman–Crippen MR) is 245 cm³/mol. The van der Waals surface area contributed by atoms with Crippen LogP contribution in [0.3, 0.4) is 0 Å². The number of carbonyl (C=O) groups excluding carboxylic acids is 1. The standard InChI is InChI=1S/C51H99NO4/c1-3-5-7-9-11-13-15-16-17-18-19-20-21-22-23-24-25-26-27-28-29-30-31-32-33-34-35-36-38-40-42-44-46-50(55)51(56)52-48(47-53)49(54)45-43-41-39-37-14-12-10-8-6-4-2/h22-23,43,45,48-50,53-55H,3-21,24-42,44,46-47H2,1-2H3,(H,52,56)/b23-22-,45-43+. The minimum absolute atomic E-state index is 0.361. The van der Waals surface area contributed by atoms with Gasteiger partial charge < -0.3 is 20.6 Å². The van der Waals surface area contributed by atoms with Crippen LogP contribution in [-0.2, 0) is 4.79 Å². The molecule has 0 aromatic carbocycles. The topological polar surface area (TPSA) is 89.8 Å². The molecule has 0 saturated carbocycles. The highest BCUT2D eigenvalue weighted by Gasteiger charge is 2.22. The molecule has 0 fully saturated rings. The first kappa shape index (κ1) is 54.8. The molecule has 5 heteroatoms. The van der Waals surface area contributed by atoms with Gasteiger partial charge in [-0.2, -0.15) is 0 Å². The largest absolute Gasteiger partial charge is 0.394 e. The molecule has 0 saturated heterocycles. The molecule has 3 atom stereocenters. The zero-order valence-electron chi connectivity index (χ0n) is 37.8. The molecule has 0 radical (unpaired) electrons. The second-order valence-electron chi connectivity index (χ2n) is 17.4. The minimum atomic E-state index is -1.09. The lowest BCUT2D eigenvalue weighted by molar-refractivity contribution is -0.131. The molecular weight excluding hydrogens is 691 g/mol. The van der Waals surface area contributed by atoms with Gasteiger partial charge in [0.1, 0.15) is 6.10 Å². The summed E-state index contributed by atoms with van der Waals surface area (Å²) in [6.07, 6.45) is 58.3. The van der Waals surface area contributed by atoms with Crippen molar-refractivity contribution in [2.45, 2.75) is 289 Å². The summed E-state index contributed by atoms with van der Waals surface area (Å²) in [5.74, 6) is -0.502. The number of carbonyl (C=O) groups is 1. The number of nitrogens with one attached hydrogen (secondary N) is 1. The molecule has 0 aliphatic rings. The van der Waals surface area contributed by atoms with Gasteiger partial charge in [-0.05, 0) is 44.9 Å². The Morgan fingerprint density at radius 2 is 0.714 bits per heavy atom. The molecule has 4 N–H and O–H groups in total. The van der Waals surface area contributed by atoms with Crippen molar-refractivity contribution < 1.29 is 20.1 Å². The van der Waals surface area contributed by atoms with Crippen molar-refractivity contribution >= 4 is 5.91 Å². The summed E-state index contributed by atoms with van der Waals surface area (Å²) in [6.45, 7) is 4.17. The maximum absolute atomic E-state index is 12.5. The molecule has 5 nitrogen and oxygen atoms in total. The van der Waals surface area contributed by atoms with E-state index in [1.54, 1.807) is 6.08 Å². The van der Waals surface area contributed by atoms with Crippen LogP contribution >= 0.6 is 0 Å². The Bertz CT molecular complexity index is 829. The van der Waals surface area contributed by atoms with Crippen molar-refractivity contribution in [1.29, 1.82) is 0 Å². The molecule has 0 rings (SSSR count). The molecule has 0 aromatic heterocycles. The van der Waals surface area contributed by atoms with Crippen molar-refractivity contribution in [3.8, 4) is 0 Å². The fraction of sp³-hybridized carbons (Fsp3) is 0.902. The molecular formula is C51H99NO4. The summed E-state index contributed by atoms with van der Waals surface area (Å²) in [7, 11) is 0. The summed E-state index contributed by atoms with van der Waals surface area (Å²) >= 11 is 0. The highest BCUT2D eigenvalue weighted by molar-refractivity contribution is 5.80. The first-order valence-electron chi connectivity index (χ1n) is 25.2. The van der Waals surface area contributed by atoms with E-state index in [1.165, 1.54) is 218 Å². The maximum atomic E-state index is 12.5. The second kappa shape index (κ2) is 46.5. The van der Waals surface area contributed by atoms with Gasteiger partial charge in [0.2, 0.25) is 5.91 Å². The van der Waals surface area contributed by atoms with E-state index in [0.717, 1.165) is 32.1 Å². The van der Waals surface area contributed by atoms with Crippen LogP contribution in [0.4, 0.5) is 0 Å². The van der Waals surface area contributed by atoms with E-state index in [1.807, 2.05) is 6.08 Å². The van der Waals surface area contributed by atoms with Crippen LogP contribution in [0.15, 0.2) is 24.3 Å². The first-order chi connectivity index (χ1) is 27.6. The molecule has 0 aliphatic heterocycles. The first-order valence-corrected chi connectivity index (χ1v) is 25.2. The van der Waals surface area contributed by atoms with Crippen molar-refractivity contribution in [3.05, 3.63) is 24.3 Å². The van der Waals surface area contributed by atoms with E-state index in [4.69, 9.17) is 0 Å². The van der Waals surface area contributed by atoms with E-state index in [-0.39, 0.29) is 6.61 Å². The lowest BCUT2D eigenvalue weighted by Gasteiger charge is -2.21. The number of amides is 1. The van der Waals surface area contributed by atoms with Crippen LogP contribution in [0.5, 0.6) is 0 Å². The SMILES string of the molecule is CCCCCCCCCC/C=C/C(O)C(CO)NC(=O)C(O)CCCCCCCCCCCCCCCCCC/C=C\CCCCCCCCCCCCCC. The van der Waals surface area contributed by atoms with Crippen LogP contribution in [0, 0.1) is 0 Å². The zero-order chi connectivity index (χ0) is 40.8. The molecule has 0 bridgehead atoms. The second-order valence-corrected chi connectivity index (χ2v) is 17.4. The van der Waals surface area contributed by atoms with Gasteiger partial charge in [0, 0.05) is 0 Å². The lowest BCUT2D eigenvalue weighted by atomic mass is 10.0. The highest BCUT2D eigenvalue weighted by atomic mass is 16.3. The number of hydrogen-bond donors (Lipinski definition) is 4. The Morgan fingerprint density at radius 3 is 1.04 bits per heavy atom. The van der Waals surface area contributed by atoms with E-state index < -0.39 is 24.2 Å². The van der Waals surface area contributed by atoms with Gasteiger partial charge in [-0.25, -0.2) is 0 Å². The third-order valence-electron chi connectivity index (χ3n) is 11.8. The fourth-order valence-corrected chi connectivity index (χ4v) is 7.83. The smallest absolute Gasteiger partial charge is 0.249 e. The van der Waals surface area contributed by atoms with Crippen molar-refractivity contribution in [1.82, 2.24) is 5.32 Å². The normalized spacial score (nSPS) is 13.6. The van der Waals surface area contributed by atoms with Gasteiger partial charge in [-0.1, -0.05) is 250 Å². The van der Waals surface area contributed by atoms with Crippen LogP contribution in [-0.4, -0.2) is 46.1 Å². The summed E-state index contributed by atoms with van der Waals surface area (Å²) in [5, 5.41) is 33.1. The van der Waals surface area contributed by atoms with E-state index in [9.17, 15) is 20.1 Å². The van der Waals surface area contributed by atoms with Gasteiger partial charge in [-0.3, -0.25) is 4.79 Å². The molecule has 1 amide bonds. The number of allylic oxidation sites excluding steroid dienone is 3. The third kappa shape index (κ3) is 41.0. The number of aliphatic hydroxyl groups excluding tert-OH is 3. The van der Waals surface area contributed by atoms with Gasteiger partial charge in [0.15, 0.2) is 0 Å². The third-order valence-corrected chi connectivity index (χ3v) is 11.8.